The molecule has 1 N–H and O–H groups in total. The van der Waals surface area contributed by atoms with Gasteiger partial charge in [-0.05, 0) is 42.5 Å². The molecule has 7 heteroatoms. The molecule has 22 heavy (non-hydrogen) atoms. The van der Waals surface area contributed by atoms with Gasteiger partial charge in [0, 0.05) is 4.90 Å². The van der Waals surface area contributed by atoms with Gasteiger partial charge in [-0.3, -0.25) is 4.79 Å². The first kappa shape index (κ1) is 14.9. The predicted molar refractivity (Wildman–Crippen MR) is 85.3 cm³/mol. The van der Waals surface area contributed by atoms with Gasteiger partial charge in [-0.15, -0.1) is 11.8 Å². The highest BCUT2D eigenvalue weighted by atomic mass is 32.2. The van der Waals surface area contributed by atoms with Gasteiger partial charge in [0.15, 0.2) is 5.13 Å². The Labute approximate surface area is 133 Å². The smallest absolute Gasteiger partial charge is 0.236 e. The van der Waals surface area contributed by atoms with Crippen molar-refractivity contribution in [3.05, 3.63) is 54.1 Å². The van der Waals surface area contributed by atoms with E-state index in [1.807, 2.05) is 0 Å². The van der Waals surface area contributed by atoms with Crippen molar-refractivity contribution in [3.8, 4) is 0 Å². The van der Waals surface area contributed by atoms with Crippen molar-refractivity contribution in [1.82, 2.24) is 4.98 Å². The second-order valence-corrected chi connectivity index (χ2v) is 6.50. The van der Waals surface area contributed by atoms with Crippen LogP contribution in [0.25, 0.3) is 10.2 Å². The fourth-order valence-electron chi connectivity index (χ4n) is 1.79. The lowest BCUT2D eigenvalue weighted by atomic mass is 10.3. The van der Waals surface area contributed by atoms with E-state index in [4.69, 9.17) is 0 Å². The van der Waals surface area contributed by atoms with E-state index in [0.29, 0.717) is 15.3 Å². The molecule has 0 aliphatic heterocycles. The largest absolute Gasteiger partial charge is 0.301 e. The number of aromatic nitrogens is 1. The second-order valence-electron chi connectivity index (χ2n) is 4.42. The summed E-state index contributed by atoms with van der Waals surface area (Å²) in [5.41, 5.74) is 0.646. The molecule has 0 saturated carbocycles. The molecule has 3 nitrogen and oxygen atoms in total. The Morgan fingerprint density at radius 3 is 2.64 bits per heavy atom. The maximum atomic E-state index is 13.1. The SMILES string of the molecule is O=C(CSc1ccc(F)cc1)Nc1nc2ccc(F)cc2s1. The molecule has 0 atom stereocenters. The monoisotopic (exact) mass is 336 g/mol. The third-order valence-corrected chi connectivity index (χ3v) is 4.73. The lowest BCUT2D eigenvalue weighted by molar-refractivity contribution is -0.113. The van der Waals surface area contributed by atoms with Gasteiger partial charge < -0.3 is 5.32 Å². The molecule has 0 unspecified atom stereocenters. The molecule has 1 aromatic heterocycles. The van der Waals surface area contributed by atoms with E-state index in [1.54, 1.807) is 18.2 Å². The van der Waals surface area contributed by atoms with Crippen LogP contribution >= 0.6 is 23.1 Å². The summed E-state index contributed by atoms with van der Waals surface area (Å²) in [6, 6.07) is 10.2. The van der Waals surface area contributed by atoms with E-state index in [-0.39, 0.29) is 23.3 Å². The molecule has 1 heterocycles. The summed E-state index contributed by atoms with van der Waals surface area (Å²) in [7, 11) is 0. The number of nitrogens with one attached hydrogen (secondary N) is 1. The van der Waals surface area contributed by atoms with Gasteiger partial charge in [-0.2, -0.15) is 0 Å². The van der Waals surface area contributed by atoms with Crippen molar-refractivity contribution in [2.75, 3.05) is 11.1 Å². The standard InChI is InChI=1S/C15H10F2N2OS2/c16-9-1-4-11(5-2-9)21-8-14(20)19-15-18-12-6-3-10(17)7-13(12)22-15/h1-7H,8H2,(H,18,19,20). The maximum absolute atomic E-state index is 13.1. The molecule has 0 aliphatic carbocycles. The van der Waals surface area contributed by atoms with Crippen molar-refractivity contribution in [1.29, 1.82) is 0 Å². The molecule has 1 amide bonds. The molecule has 0 saturated heterocycles. The number of halogens is 2. The molecule has 3 aromatic rings. The Bertz CT molecular complexity index is 818. The first-order chi connectivity index (χ1) is 10.6. The van der Waals surface area contributed by atoms with Crippen LogP contribution < -0.4 is 5.32 Å². The fourth-order valence-corrected chi connectivity index (χ4v) is 3.39. The van der Waals surface area contributed by atoms with Crippen molar-refractivity contribution in [2.24, 2.45) is 0 Å². The van der Waals surface area contributed by atoms with E-state index in [1.165, 1.54) is 47.4 Å². The summed E-state index contributed by atoms with van der Waals surface area (Å²) in [4.78, 5) is 16.9. The number of nitrogens with zero attached hydrogens (tertiary/aromatic N) is 1. The number of benzene rings is 2. The average Bonchev–Trinajstić information content (AvgIpc) is 2.88. The molecule has 2 aromatic carbocycles. The summed E-state index contributed by atoms with van der Waals surface area (Å²) in [5.74, 6) is -0.666. The Morgan fingerprint density at radius 2 is 1.86 bits per heavy atom. The summed E-state index contributed by atoms with van der Waals surface area (Å²) >= 11 is 2.53. The Morgan fingerprint density at radius 1 is 1.14 bits per heavy atom. The van der Waals surface area contributed by atoms with Gasteiger partial charge in [-0.1, -0.05) is 11.3 Å². The minimum Gasteiger partial charge on any atom is -0.301 e. The van der Waals surface area contributed by atoms with Crippen LogP contribution in [0.1, 0.15) is 0 Å². The molecule has 0 spiro atoms. The molecule has 0 aliphatic rings. The number of fused-ring (bicyclic) bond motifs is 1. The van der Waals surface area contributed by atoms with Crippen LogP contribution in [-0.2, 0) is 4.79 Å². The maximum Gasteiger partial charge on any atom is 0.236 e. The Kier molecular flexibility index (Phi) is 4.35. The number of rotatable bonds is 4. The zero-order chi connectivity index (χ0) is 15.5. The molecular weight excluding hydrogens is 326 g/mol. The van der Waals surface area contributed by atoms with E-state index in [9.17, 15) is 13.6 Å². The van der Waals surface area contributed by atoms with Gasteiger partial charge in [0.05, 0.1) is 16.0 Å². The first-order valence-corrected chi connectivity index (χ1v) is 8.15. The van der Waals surface area contributed by atoms with Crippen molar-refractivity contribution in [3.63, 3.8) is 0 Å². The van der Waals surface area contributed by atoms with Crippen LogP contribution in [0.15, 0.2) is 47.4 Å². The van der Waals surface area contributed by atoms with Crippen LogP contribution in [-0.4, -0.2) is 16.6 Å². The number of hydrogen-bond donors (Lipinski definition) is 1. The minimum absolute atomic E-state index is 0.190. The van der Waals surface area contributed by atoms with Crippen LogP contribution in [0.3, 0.4) is 0 Å². The van der Waals surface area contributed by atoms with Crippen molar-refractivity contribution >= 4 is 44.4 Å². The van der Waals surface area contributed by atoms with Gasteiger partial charge in [0.25, 0.3) is 0 Å². The molecule has 3 rings (SSSR count). The number of hydrogen-bond acceptors (Lipinski definition) is 4. The van der Waals surface area contributed by atoms with Crippen molar-refractivity contribution in [2.45, 2.75) is 4.90 Å². The molecule has 0 fully saturated rings. The highest BCUT2D eigenvalue weighted by Gasteiger charge is 2.09. The molecule has 0 radical (unpaired) electrons. The number of anilines is 1. The van der Waals surface area contributed by atoms with E-state index >= 15 is 0 Å². The molecule has 0 bridgehead atoms. The number of thiazole rings is 1. The van der Waals surface area contributed by atoms with Crippen LogP contribution in [0.2, 0.25) is 0 Å². The highest BCUT2D eigenvalue weighted by molar-refractivity contribution is 8.00. The van der Waals surface area contributed by atoms with Gasteiger partial charge in [-0.25, -0.2) is 13.8 Å². The number of amides is 1. The Balaban J connectivity index is 1.61. The number of thioether (sulfide) groups is 1. The summed E-state index contributed by atoms with van der Waals surface area (Å²) in [6.07, 6.45) is 0. The second kappa shape index (κ2) is 6.41. The minimum atomic E-state index is -0.333. The summed E-state index contributed by atoms with van der Waals surface area (Å²) in [6.45, 7) is 0. The van der Waals surface area contributed by atoms with Crippen LogP contribution in [0.5, 0.6) is 0 Å². The fraction of sp³-hybridized carbons (Fsp3) is 0.0667. The average molecular weight is 336 g/mol. The van der Waals surface area contributed by atoms with Crippen LogP contribution in [0, 0.1) is 11.6 Å². The normalized spacial score (nSPS) is 10.8. The van der Waals surface area contributed by atoms with E-state index < -0.39 is 0 Å². The molecular formula is C15H10F2N2OS2. The first-order valence-electron chi connectivity index (χ1n) is 6.34. The van der Waals surface area contributed by atoms with Crippen molar-refractivity contribution < 1.29 is 13.6 Å². The van der Waals surface area contributed by atoms with Gasteiger partial charge >= 0.3 is 0 Å². The lowest BCUT2D eigenvalue weighted by Crippen LogP contribution is -2.13. The predicted octanol–water partition coefficient (Wildman–Crippen LogP) is 4.31. The third kappa shape index (κ3) is 3.61. The van der Waals surface area contributed by atoms with Gasteiger partial charge in [0.1, 0.15) is 11.6 Å². The Hall–Kier alpha value is -1.99. The summed E-state index contributed by atoms with van der Waals surface area (Å²) in [5, 5.41) is 3.12. The quantitative estimate of drug-likeness (QED) is 0.722. The molecule has 112 valence electrons. The zero-order valence-electron chi connectivity index (χ0n) is 11.2. The zero-order valence-corrected chi connectivity index (χ0v) is 12.8. The van der Waals surface area contributed by atoms with Gasteiger partial charge in [0.2, 0.25) is 5.91 Å². The topological polar surface area (TPSA) is 42.0 Å². The van der Waals surface area contributed by atoms with E-state index in [0.717, 1.165) is 4.90 Å². The number of carbonyl (C=O) groups excluding carboxylic acids is 1. The number of carbonyl (C=O) groups is 1. The summed E-state index contributed by atoms with van der Waals surface area (Å²) < 4.78 is 26.6. The lowest BCUT2D eigenvalue weighted by Gasteiger charge is -2.01. The van der Waals surface area contributed by atoms with E-state index in [2.05, 4.69) is 10.3 Å². The third-order valence-electron chi connectivity index (χ3n) is 2.78. The van der Waals surface area contributed by atoms with Crippen LogP contribution in [0.4, 0.5) is 13.9 Å². The highest BCUT2D eigenvalue weighted by Crippen LogP contribution is 2.27.